The zero-order valence-corrected chi connectivity index (χ0v) is 12.1. The van der Waals surface area contributed by atoms with Crippen molar-refractivity contribution in [1.82, 2.24) is 20.0 Å². The second-order valence-corrected chi connectivity index (χ2v) is 4.86. The first-order valence-corrected chi connectivity index (χ1v) is 6.89. The summed E-state index contributed by atoms with van der Waals surface area (Å²) >= 11 is 0. The van der Waals surface area contributed by atoms with Gasteiger partial charge in [0.25, 0.3) is 5.91 Å². The van der Waals surface area contributed by atoms with Gasteiger partial charge in [-0.3, -0.25) is 9.78 Å². The van der Waals surface area contributed by atoms with Crippen molar-refractivity contribution < 1.29 is 4.79 Å². The predicted molar refractivity (Wildman–Crippen MR) is 82.5 cm³/mol. The van der Waals surface area contributed by atoms with Crippen molar-refractivity contribution in [3.63, 3.8) is 0 Å². The second-order valence-electron chi connectivity index (χ2n) is 4.86. The summed E-state index contributed by atoms with van der Waals surface area (Å²) in [4.78, 5) is 16.2. The number of hydrogen-bond donors (Lipinski definition) is 1. The average Bonchev–Trinajstić information content (AvgIpc) is 2.90. The van der Waals surface area contributed by atoms with Gasteiger partial charge in [0.05, 0.1) is 12.2 Å². The number of anilines is 1. The molecular weight excluding hydrogens is 278 g/mol. The Morgan fingerprint density at radius 3 is 2.59 bits per heavy atom. The lowest BCUT2D eigenvalue weighted by Crippen LogP contribution is -2.14. The lowest BCUT2D eigenvalue weighted by molar-refractivity contribution is 0.102. The number of pyridine rings is 1. The Bertz CT molecular complexity index is 768. The van der Waals surface area contributed by atoms with Gasteiger partial charge in [0.15, 0.2) is 5.69 Å². The van der Waals surface area contributed by atoms with Crippen LogP contribution in [0.15, 0.2) is 54.9 Å². The van der Waals surface area contributed by atoms with E-state index in [9.17, 15) is 4.79 Å². The van der Waals surface area contributed by atoms with Crippen LogP contribution in [0, 0.1) is 6.92 Å². The number of carbonyl (C=O) groups is 1. The largest absolute Gasteiger partial charge is 0.320 e. The van der Waals surface area contributed by atoms with E-state index >= 15 is 0 Å². The molecule has 3 rings (SSSR count). The number of nitrogens with one attached hydrogen (secondary N) is 1. The number of nitrogens with zero attached hydrogens (tertiary/aromatic N) is 4. The highest BCUT2D eigenvalue weighted by Crippen LogP contribution is 2.11. The van der Waals surface area contributed by atoms with E-state index in [2.05, 4.69) is 20.6 Å². The van der Waals surface area contributed by atoms with Crippen LogP contribution in [0.4, 0.5) is 5.69 Å². The molecule has 1 aromatic carbocycles. The van der Waals surface area contributed by atoms with Crippen molar-refractivity contribution in [2.75, 3.05) is 5.32 Å². The molecule has 6 heteroatoms. The Labute approximate surface area is 127 Å². The van der Waals surface area contributed by atoms with E-state index in [0.29, 0.717) is 17.9 Å². The minimum absolute atomic E-state index is 0.275. The minimum Gasteiger partial charge on any atom is -0.320 e. The molecule has 1 N–H and O–H groups in total. The molecule has 0 unspecified atom stereocenters. The highest BCUT2D eigenvalue weighted by molar-refractivity contribution is 6.03. The molecule has 2 aromatic heterocycles. The zero-order chi connectivity index (χ0) is 15.4. The van der Waals surface area contributed by atoms with E-state index in [4.69, 9.17) is 0 Å². The molecule has 3 aromatic rings. The van der Waals surface area contributed by atoms with Crippen molar-refractivity contribution in [3.05, 3.63) is 71.8 Å². The van der Waals surface area contributed by atoms with Crippen LogP contribution in [0.2, 0.25) is 0 Å². The molecule has 2 heterocycles. The first-order chi connectivity index (χ1) is 10.7. The van der Waals surface area contributed by atoms with Gasteiger partial charge in [0, 0.05) is 18.1 Å². The van der Waals surface area contributed by atoms with Crippen LogP contribution in [0.25, 0.3) is 0 Å². The van der Waals surface area contributed by atoms with Crippen molar-refractivity contribution >= 4 is 11.6 Å². The van der Waals surface area contributed by atoms with Crippen molar-refractivity contribution in [2.45, 2.75) is 13.5 Å². The Hall–Kier alpha value is -3.02. The van der Waals surface area contributed by atoms with Gasteiger partial charge in [-0.05, 0) is 24.6 Å². The normalized spacial score (nSPS) is 10.4. The van der Waals surface area contributed by atoms with Crippen molar-refractivity contribution in [1.29, 1.82) is 0 Å². The Balaban J connectivity index is 1.77. The summed E-state index contributed by atoms with van der Waals surface area (Å²) in [6.07, 6.45) is 3.24. The van der Waals surface area contributed by atoms with Crippen molar-refractivity contribution in [2.24, 2.45) is 0 Å². The summed E-state index contributed by atoms with van der Waals surface area (Å²) in [7, 11) is 0. The summed E-state index contributed by atoms with van der Waals surface area (Å²) in [5.41, 5.74) is 2.84. The first-order valence-electron chi connectivity index (χ1n) is 6.89. The molecule has 1 amide bonds. The van der Waals surface area contributed by atoms with Crippen LogP contribution >= 0.6 is 0 Å². The molecule has 0 aliphatic rings. The third kappa shape index (κ3) is 3.01. The number of amides is 1. The molecule has 6 nitrogen and oxygen atoms in total. The third-order valence-corrected chi connectivity index (χ3v) is 3.31. The van der Waals surface area contributed by atoms with Crippen LogP contribution in [0.1, 0.15) is 21.7 Å². The smallest absolute Gasteiger partial charge is 0.278 e. The fourth-order valence-corrected chi connectivity index (χ4v) is 2.10. The average molecular weight is 293 g/mol. The number of carbonyl (C=O) groups excluding carboxylic acids is 1. The maximum atomic E-state index is 12.3. The monoisotopic (exact) mass is 293 g/mol. The number of rotatable bonds is 4. The summed E-state index contributed by atoms with van der Waals surface area (Å²) in [6.45, 7) is 2.42. The maximum absolute atomic E-state index is 12.3. The molecule has 0 fully saturated rings. The van der Waals surface area contributed by atoms with Gasteiger partial charge >= 0.3 is 0 Å². The van der Waals surface area contributed by atoms with E-state index < -0.39 is 0 Å². The topological polar surface area (TPSA) is 72.7 Å². The summed E-state index contributed by atoms with van der Waals surface area (Å²) < 4.78 is 1.72. The third-order valence-electron chi connectivity index (χ3n) is 3.31. The zero-order valence-electron chi connectivity index (χ0n) is 12.1. The van der Waals surface area contributed by atoms with Gasteiger partial charge in [0.2, 0.25) is 0 Å². The van der Waals surface area contributed by atoms with E-state index in [0.717, 1.165) is 11.3 Å². The second kappa shape index (κ2) is 6.17. The minimum atomic E-state index is -0.275. The summed E-state index contributed by atoms with van der Waals surface area (Å²) in [6, 6.07) is 13.4. The molecule has 0 bridgehead atoms. The molecule has 0 atom stereocenters. The van der Waals surface area contributed by atoms with E-state index in [1.165, 1.54) is 0 Å². The van der Waals surface area contributed by atoms with Gasteiger partial charge in [0.1, 0.15) is 0 Å². The van der Waals surface area contributed by atoms with Crippen LogP contribution in [0.5, 0.6) is 0 Å². The number of hydrogen-bond acceptors (Lipinski definition) is 4. The maximum Gasteiger partial charge on any atom is 0.278 e. The van der Waals surface area contributed by atoms with E-state index in [1.807, 2.05) is 37.3 Å². The van der Waals surface area contributed by atoms with Gasteiger partial charge in [-0.2, -0.15) is 0 Å². The fraction of sp³-hybridized carbons (Fsp3) is 0.125. The summed E-state index contributed by atoms with van der Waals surface area (Å²) in [5.74, 6) is -0.275. The summed E-state index contributed by atoms with van der Waals surface area (Å²) in [5, 5.41) is 10.8. The lowest BCUT2D eigenvalue weighted by atomic mass is 10.2. The van der Waals surface area contributed by atoms with E-state index in [-0.39, 0.29) is 5.91 Å². The molecule has 0 aliphatic carbocycles. The van der Waals surface area contributed by atoms with Crippen LogP contribution in [-0.4, -0.2) is 25.9 Å². The van der Waals surface area contributed by atoms with Crippen LogP contribution < -0.4 is 5.32 Å². The van der Waals surface area contributed by atoms with Crippen LogP contribution in [-0.2, 0) is 6.54 Å². The van der Waals surface area contributed by atoms with Crippen molar-refractivity contribution in [3.8, 4) is 0 Å². The van der Waals surface area contributed by atoms with Gasteiger partial charge in [-0.25, -0.2) is 4.68 Å². The Kier molecular flexibility index (Phi) is 3.91. The van der Waals surface area contributed by atoms with Gasteiger partial charge < -0.3 is 5.32 Å². The molecule has 22 heavy (non-hydrogen) atoms. The van der Waals surface area contributed by atoms with Gasteiger partial charge in [-0.15, -0.1) is 5.10 Å². The molecule has 0 saturated heterocycles. The number of benzene rings is 1. The Morgan fingerprint density at radius 1 is 1.14 bits per heavy atom. The predicted octanol–water partition coefficient (Wildman–Crippen LogP) is 2.28. The van der Waals surface area contributed by atoms with Gasteiger partial charge in [-0.1, -0.05) is 35.5 Å². The highest BCUT2D eigenvalue weighted by atomic mass is 16.2. The molecule has 0 spiro atoms. The number of aromatic nitrogens is 4. The molecule has 0 saturated carbocycles. The standard InChI is InChI=1S/C16H15N5O/c1-12-15(16(22)18-14-7-9-17-10-8-14)19-20-21(12)11-13-5-3-2-4-6-13/h2-10H,11H2,1H3,(H,17,18,22). The first kappa shape index (κ1) is 13.9. The van der Waals surface area contributed by atoms with Crippen LogP contribution in [0.3, 0.4) is 0 Å². The molecular formula is C16H15N5O. The van der Waals surface area contributed by atoms with E-state index in [1.54, 1.807) is 29.2 Å². The highest BCUT2D eigenvalue weighted by Gasteiger charge is 2.16. The quantitative estimate of drug-likeness (QED) is 0.801. The molecule has 110 valence electrons. The SMILES string of the molecule is Cc1c(C(=O)Nc2ccncc2)nnn1Cc1ccccc1. The lowest BCUT2D eigenvalue weighted by Gasteiger charge is -2.05. The molecule has 0 radical (unpaired) electrons. The Morgan fingerprint density at radius 2 is 1.86 bits per heavy atom. The molecule has 0 aliphatic heterocycles. The fourth-order valence-electron chi connectivity index (χ4n) is 2.10.